The van der Waals surface area contributed by atoms with Crippen molar-refractivity contribution >= 4 is 42.4 Å². The van der Waals surface area contributed by atoms with Crippen molar-refractivity contribution in [2.24, 2.45) is 33.9 Å². The number of nitrogens with zero attached hydrogens (tertiary/aromatic N) is 8. The predicted molar refractivity (Wildman–Crippen MR) is 348 cm³/mol. The van der Waals surface area contributed by atoms with Gasteiger partial charge in [-0.2, -0.15) is 17.0 Å². The molecule has 0 spiro atoms. The number of epoxide rings is 1. The van der Waals surface area contributed by atoms with Crippen LogP contribution in [0.15, 0.2) is 189 Å². The number of benzene rings is 6. The van der Waals surface area contributed by atoms with Crippen LogP contribution in [0.2, 0.25) is 0 Å². The molecule has 3 saturated heterocycles. The summed E-state index contributed by atoms with van der Waals surface area (Å²) in [7, 11) is -12.0. The van der Waals surface area contributed by atoms with E-state index in [0.717, 1.165) is 36.1 Å². The van der Waals surface area contributed by atoms with Gasteiger partial charge in [0.05, 0.1) is 83.8 Å². The number of aliphatic hydroxyl groups excluding tert-OH is 2. The third kappa shape index (κ3) is 22.4. The molecule has 0 bridgehead atoms. The molecule has 2 unspecified atom stereocenters. The third-order valence-corrected chi connectivity index (χ3v) is 20.6. The monoisotopic (exact) mass is 1330 g/mol. The SMILES string of the molecule is CC(C)CN(C[C@@H](O)[C@H](Cc1ccccc1)N=[N+]=[N-])S(=O)(=O)c1ccc(C=O)cc1.Cc1ccc(S(=O)(=O)OCc2ccc(S(=O)(=O)N(CC(C)C)C[C@@H](O)[C@@H](CC(=O)OC3CO[C@H]4OCCC34)Cc3ccccc3)cc2)cc1.[N-]=[N+]=N[C@@H](Cc1ccccc1)[C@H]1CO1. The van der Waals surface area contributed by atoms with E-state index >= 15 is 0 Å². The zero-order valence-electron chi connectivity index (χ0n) is 52.7. The largest absolute Gasteiger partial charge is 0.459 e. The van der Waals surface area contributed by atoms with Crippen molar-refractivity contribution in [3.8, 4) is 0 Å². The topological polar surface area (TPSA) is 330 Å². The number of fused-ring (bicyclic) bond motifs is 1. The number of rotatable bonds is 31. The molecule has 498 valence electrons. The first-order valence-electron chi connectivity index (χ1n) is 30.7. The number of hydrogen-bond acceptors (Lipinski definition) is 17. The lowest BCUT2D eigenvalue weighted by Crippen LogP contribution is -2.43. The van der Waals surface area contributed by atoms with E-state index in [1.165, 1.54) is 74.8 Å². The van der Waals surface area contributed by atoms with Crippen LogP contribution in [-0.4, -0.2) is 145 Å². The van der Waals surface area contributed by atoms with E-state index in [1.54, 1.807) is 12.1 Å². The first-order valence-corrected chi connectivity index (χ1v) is 35.0. The molecule has 93 heavy (non-hydrogen) atoms. The van der Waals surface area contributed by atoms with Gasteiger partial charge in [0.25, 0.3) is 10.1 Å². The highest BCUT2D eigenvalue weighted by Crippen LogP contribution is 2.34. The van der Waals surface area contributed by atoms with Gasteiger partial charge in [0.2, 0.25) is 20.0 Å². The number of aliphatic hydroxyl groups is 2. The summed E-state index contributed by atoms with van der Waals surface area (Å²) in [4.78, 5) is 29.8. The fraction of sp³-hybridized carbons (Fsp3) is 0.433. The number of ether oxygens (including phenoxy) is 4. The van der Waals surface area contributed by atoms with Gasteiger partial charge in [-0.3, -0.25) is 13.8 Å². The molecule has 23 nitrogen and oxygen atoms in total. The van der Waals surface area contributed by atoms with Crippen LogP contribution in [0.5, 0.6) is 0 Å². The van der Waals surface area contributed by atoms with Crippen molar-refractivity contribution < 1.29 is 68.2 Å². The van der Waals surface area contributed by atoms with Crippen molar-refractivity contribution in [2.75, 3.05) is 46.0 Å². The summed E-state index contributed by atoms with van der Waals surface area (Å²) in [5.41, 5.74) is 22.0. The smallest absolute Gasteiger partial charge is 0.306 e. The number of aryl methyl sites for hydroxylation is 1. The molecule has 3 heterocycles. The molecule has 3 aliphatic heterocycles. The maximum Gasteiger partial charge on any atom is 0.306 e. The molecule has 0 aliphatic carbocycles. The summed E-state index contributed by atoms with van der Waals surface area (Å²) in [6, 6.07) is 45.5. The minimum absolute atomic E-state index is 0.00765. The van der Waals surface area contributed by atoms with Gasteiger partial charge in [-0.25, -0.2) is 16.8 Å². The van der Waals surface area contributed by atoms with E-state index < -0.39 is 66.4 Å². The second kappa shape index (κ2) is 35.2. The Labute approximate surface area is 545 Å². The van der Waals surface area contributed by atoms with Gasteiger partial charge in [-0.15, -0.1) is 0 Å². The lowest BCUT2D eigenvalue weighted by atomic mass is 9.90. The standard InChI is InChI=1S/C36H45NO10S2.C21H26N4O4S.C10H11N3O/c1-25(2)21-37(48(40,41)30-15-11-28(12-16-30)23-46-49(42,43)31-13-9-26(3)10-14-31)22-33(38)29(19-27-7-5-4-6-8-27)20-35(39)47-34-24-45-36-32(34)17-18-44-36;1-16(2)13-25(30(28,29)19-10-8-18(15-26)9-11-19)14-21(27)20(23-24-22)12-17-6-4-3-5-7-17;11-13-12-9(10-7-14-10)6-8-4-2-1-3-5-8/h4-16,25,29,32-34,36,38H,17-24H2,1-3H3;3-11,15-16,20-21,27H,12-14H2,1-2H3;1-5,9-10H,6-7H2/t29-,32?,33-,34?,36-;20-,21+;9-,10+/m100/s1. The number of sulfonamides is 2. The highest BCUT2D eigenvalue weighted by molar-refractivity contribution is 7.89. The molecular weight excluding hydrogens is 1250 g/mol. The molecule has 0 aromatic heterocycles. The molecule has 2 N–H and O–H groups in total. The predicted octanol–water partition coefficient (Wildman–Crippen LogP) is 10.2. The number of carbonyl (C=O) groups is 2. The highest BCUT2D eigenvalue weighted by Gasteiger charge is 2.44. The summed E-state index contributed by atoms with van der Waals surface area (Å²) in [6.45, 7) is 10.5. The van der Waals surface area contributed by atoms with E-state index in [2.05, 4.69) is 20.1 Å². The van der Waals surface area contributed by atoms with Gasteiger partial charge in [0.15, 0.2) is 6.29 Å². The molecule has 6 aromatic carbocycles. The average molecular weight is 1340 g/mol. The van der Waals surface area contributed by atoms with Crippen LogP contribution >= 0.6 is 0 Å². The summed E-state index contributed by atoms with van der Waals surface area (Å²) < 4.78 is 109. The molecule has 9 rings (SSSR count). The van der Waals surface area contributed by atoms with Gasteiger partial charge in [0.1, 0.15) is 12.4 Å². The molecular formula is C67H82N8O15S3. The highest BCUT2D eigenvalue weighted by atomic mass is 32.2. The average Bonchev–Trinajstić information content (AvgIpc) is 1.61. The van der Waals surface area contributed by atoms with Crippen molar-refractivity contribution in [3.05, 3.63) is 218 Å². The minimum Gasteiger partial charge on any atom is -0.459 e. The number of hydrogen-bond donors (Lipinski definition) is 2. The first-order chi connectivity index (χ1) is 44.5. The van der Waals surface area contributed by atoms with E-state index in [4.69, 9.17) is 34.2 Å². The molecule has 0 radical (unpaired) electrons. The van der Waals surface area contributed by atoms with Crippen LogP contribution < -0.4 is 0 Å². The van der Waals surface area contributed by atoms with Gasteiger partial charge in [-0.1, -0.05) is 171 Å². The molecule has 3 aliphatic rings. The van der Waals surface area contributed by atoms with Gasteiger partial charge in [0, 0.05) is 47.5 Å². The summed E-state index contributed by atoms with van der Waals surface area (Å²) >= 11 is 0. The Morgan fingerprint density at radius 3 is 1.61 bits per heavy atom. The summed E-state index contributed by atoms with van der Waals surface area (Å²) in [5.74, 6) is -1.20. The Morgan fingerprint density at radius 1 is 0.613 bits per heavy atom. The van der Waals surface area contributed by atoms with Gasteiger partial charge in [-0.05, 0) is 114 Å². The number of esters is 1. The number of aldehydes is 1. The van der Waals surface area contributed by atoms with Crippen LogP contribution in [0.3, 0.4) is 0 Å². The Balaban J connectivity index is 0.000000233. The molecule has 6 aromatic rings. The minimum atomic E-state index is -4.09. The quantitative estimate of drug-likeness (QED) is 0.00777. The van der Waals surface area contributed by atoms with Crippen LogP contribution in [0.25, 0.3) is 20.9 Å². The zero-order valence-corrected chi connectivity index (χ0v) is 55.2. The van der Waals surface area contributed by atoms with E-state index in [0.29, 0.717) is 30.4 Å². The lowest BCUT2D eigenvalue weighted by Gasteiger charge is -2.30. The van der Waals surface area contributed by atoms with E-state index in [-0.39, 0.29) is 103 Å². The Bertz CT molecular complexity index is 3770. The van der Waals surface area contributed by atoms with Gasteiger partial charge < -0.3 is 29.2 Å². The van der Waals surface area contributed by atoms with E-state index in [9.17, 15) is 45.1 Å². The Morgan fingerprint density at radius 2 is 1.11 bits per heavy atom. The van der Waals surface area contributed by atoms with Crippen molar-refractivity contribution in [1.29, 1.82) is 0 Å². The van der Waals surface area contributed by atoms with Crippen molar-refractivity contribution in [2.45, 2.75) is 131 Å². The molecule has 0 saturated carbocycles. The number of carbonyl (C=O) groups excluding carboxylic acids is 2. The molecule has 9 atom stereocenters. The second-order valence-corrected chi connectivity index (χ2v) is 29.4. The second-order valence-electron chi connectivity index (χ2n) is 23.9. The van der Waals surface area contributed by atoms with Crippen molar-refractivity contribution in [1.82, 2.24) is 8.61 Å². The summed E-state index contributed by atoms with van der Waals surface area (Å²) in [6.07, 6.45) is -0.399. The number of azide groups is 2. The fourth-order valence-electron chi connectivity index (χ4n) is 10.6. The fourth-order valence-corrected chi connectivity index (χ4v) is 14.7. The zero-order chi connectivity index (χ0) is 67.1. The van der Waals surface area contributed by atoms with Crippen LogP contribution in [-0.2, 0) is 84.0 Å². The van der Waals surface area contributed by atoms with Gasteiger partial charge >= 0.3 is 5.97 Å². The van der Waals surface area contributed by atoms with Crippen molar-refractivity contribution in [3.63, 3.8) is 0 Å². The first kappa shape index (κ1) is 73.0. The molecule has 26 heteroatoms. The molecule has 0 amide bonds. The molecule has 3 fully saturated rings. The van der Waals surface area contributed by atoms with Crippen LogP contribution in [0, 0.1) is 30.6 Å². The van der Waals surface area contributed by atoms with Crippen LogP contribution in [0.4, 0.5) is 0 Å². The maximum atomic E-state index is 14.0. The van der Waals surface area contributed by atoms with E-state index in [1.807, 2.05) is 126 Å². The maximum absolute atomic E-state index is 14.0. The summed E-state index contributed by atoms with van der Waals surface area (Å²) in [5, 5.41) is 29.8. The normalized spacial score (nSPS) is 18.5. The van der Waals surface area contributed by atoms with Crippen LogP contribution in [0.1, 0.15) is 78.7 Å². The Kier molecular flexibility index (Phi) is 27.6. The Hall–Kier alpha value is -7.39. The lowest BCUT2D eigenvalue weighted by molar-refractivity contribution is -0.153. The third-order valence-electron chi connectivity index (χ3n) is 15.6.